The zero-order chi connectivity index (χ0) is 24.7. The zero-order valence-corrected chi connectivity index (χ0v) is 19.5. The van der Waals surface area contributed by atoms with Crippen LogP contribution in [0.4, 0.5) is 0 Å². The molecule has 0 atom stereocenters. The summed E-state index contributed by atoms with van der Waals surface area (Å²) in [6.07, 6.45) is 0. The van der Waals surface area contributed by atoms with E-state index in [9.17, 15) is 19.8 Å². The van der Waals surface area contributed by atoms with Crippen molar-refractivity contribution in [3.63, 3.8) is 0 Å². The van der Waals surface area contributed by atoms with E-state index < -0.39 is 23.1 Å². The van der Waals surface area contributed by atoms with E-state index in [0.29, 0.717) is 22.6 Å². The molecule has 0 saturated carbocycles. The maximum Gasteiger partial charge on any atom is 0.347 e. The van der Waals surface area contributed by atoms with Gasteiger partial charge in [-0.3, -0.25) is 0 Å². The zero-order valence-electron chi connectivity index (χ0n) is 19.5. The first-order chi connectivity index (χ1) is 16.0. The number of aliphatic carboxylic acids is 2. The second-order valence-corrected chi connectivity index (χ2v) is 9.15. The Morgan fingerprint density at radius 2 is 0.941 bits per heavy atom. The van der Waals surface area contributed by atoms with E-state index in [0.717, 1.165) is 21.5 Å². The number of carboxylic acids is 2. The largest absolute Gasteiger partial charge is 0.478 e. The van der Waals surface area contributed by atoms with Gasteiger partial charge in [0.05, 0.1) is 0 Å². The maximum absolute atomic E-state index is 11.9. The molecule has 0 spiro atoms. The lowest BCUT2D eigenvalue weighted by Gasteiger charge is -2.27. The third-order valence-corrected chi connectivity index (χ3v) is 5.79. The Bertz CT molecular complexity index is 1310. The Hall–Kier alpha value is -4.06. The molecule has 0 fully saturated rings. The molecule has 34 heavy (non-hydrogen) atoms. The van der Waals surface area contributed by atoms with Gasteiger partial charge in [0.2, 0.25) is 0 Å². The minimum Gasteiger partial charge on any atom is -0.478 e. The van der Waals surface area contributed by atoms with Crippen LogP contribution in [-0.4, -0.2) is 33.4 Å². The van der Waals surface area contributed by atoms with Gasteiger partial charge in [-0.1, -0.05) is 60.7 Å². The topological polar surface area (TPSA) is 93.1 Å². The molecule has 0 unspecified atom stereocenters. The van der Waals surface area contributed by atoms with E-state index in [1.165, 1.54) is 27.7 Å². The van der Waals surface area contributed by atoms with Crippen molar-refractivity contribution in [3.8, 4) is 22.6 Å². The van der Waals surface area contributed by atoms with E-state index in [4.69, 9.17) is 9.47 Å². The molecule has 0 bridgehead atoms. The molecule has 0 heterocycles. The second kappa shape index (κ2) is 8.37. The van der Waals surface area contributed by atoms with E-state index in [1.54, 1.807) is 12.1 Å². The number of ether oxygens (including phenoxy) is 2. The molecule has 2 N–H and O–H groups in total. The van der Waals surface area contributed by atoms with Crippen LogP contribution in [0.1, 0.15) is 27.7 Å². The SMILES string of the molecule is CC(C)(Oc1ccc2ccccc2c1-c1c(OC(C)(C)C(=O)O)ccc2ccccc12)C(=O)O. The summed E-state index contributed by atoms with van der Waals surface area (Å²) in [5.41, 5.74) is -1.72. The molecule has 4 rings (SSSR count). The molecular weight excluding hydrogens is 432 g/mol. The Kier molecular flexibility index (Phi) is 5.69. The molecule has 6 heteroatoms. The lowest BCUT2D eigenvalue weighted by molar-refractivity contribution is -0.152. The Labute approximate surface area is 197 Å². The molecule has 174 valence electrons. The van der Waals surface area contributed by atoms with Gasteiger partial charge in [0.25, 0.3) is 0 Å². The molecule has 0 aliphatic heterocycles. The van der Waals surface area contributed by atoms with Gasteiger partial charge in [0.1, 0.15) is 11.5 Å². The third kappa shape index (κ3) is 4.15. The van der Waals surface area contributed by atoms with Gasteiger partial charge in [-0.05, 0) is 61.4 Å². The van der Waals surface area contributed by atoms with E-state index in [1.807, 2.05) is 60.7 Å². The first-order valence-electron chi connectivity index (χ1n) is 10.9. The molecule has 4 aromatic carbocycles. The minimum atomic E-state index is -1.50. The van der Waals surface area contributed by atoms with Gasteiger partial charge < -0.3 is 19.7 Å². The summed E-state index contributed by atoms with van der Waals surface area (Å²) in [7, 11) is 0. The van der Waals surface area contributed by atoms with E-state index >= 15 is 0 Å². The summed E-state index contributed by atoms with van der Waals surface area (Å²) in [6.45, 7) is 5.95. The average molecular weight is 459 g/mol. The predicted molar refractivity (Wildman–Crippen MR) is 132 cm³/mol. The summed E-state index contributed by atoms with van der Waals surface area (Å²) in [5, 5.41) is 22.9. The number of hydrogen-bond donors (Lipinski definition) is 2. The predicted octanol–water partition coefficient (Wildman–Crippen LogP) is 6.14. The highest BCUT2D eigenvalue weighted by Gasteiger charge is 2.33. The number of benzene rings is 4. The monoisotopic (exact) mass is 458 g/mol. The first-order valence-corrected chi connectivity index (χ1v) is 10.9. The Morgan fingerprint density at radius 3 is 1.29 bits per heavy atom. The van der Waals surface area contributed by atoms with Gasteiger partial charge in [-0.2, -0.15) is 0 Å². The summed E-state index contributed by atoms with van der Waals surface area (Å²) < 4.78 is 12.1. The number of carbonyl (C=O) groups is 2. The molecule has 0 saturated heterocycles. The quantitative estimate of drug-likeness (QED) is 0.345. The Morgan fingerprint density at radius 1 is 0.588 bits per heavy atom. The number of carboxylic acid groups (broad SMARTS) is 2. The maximum atomic E-state index is 11.9. The number of fused-ring (bicyclic) bond motifs is 2. The summed E-state index contributed by atoms with van der Waals surface area (Å²) in [5.74, 6) is -1.48. The average Bonchev–Trinajstić information content (AvgIpc) is 2.79. The van der Waals surface area contributed by atoms with Crippen molar-refractivity contribution in [2.24, 2.45) is 0 Å². The molecule has 0 aliphatic rings. The van der Waals surface area contributed by atoms with Crippen LogP contribution in [0.25, 0.3) is 32.7 Å². The molecule has 6 nitrogen and oxygen atoms in total. The molecule has 4 aromatic rings. The van der Waals surface area contributed by atoms with E-state index in [-0.39, 0.29) is 0 Å². The first kappa shape index (κ1) is 23.1. The minimum absolute atomic E-state index is 0.362. The van der Waals surface area contributed by atoms with Crippen molar-refractivity contribution in [2.45, 2.75) is 38.9 Å². The van der Waals surface area contributed by atoms with Crippen LogP contribution in [0, 0.1) is 0 Å². The molecule has 0 aromatic heterocycles. The van der Waals surface area contributed by atoms with Crippen LogP contribution in [-0.2, 0) is 9.59 Å². The highest BCUT2D eigenvalue weighted by atomic mass is 16.5. The summed E-state index contributed by atoms with van der Waals surface area (Å²) in [6, 6.07) is 22.6. The normalized spacial score (nSPS) is 12.0. The van der Waals surface area contributed by atoms with Crippen LogP contribution in [0.5, 0.6) is 11.5 Å². The second-order valence-electron chi connectivity index (χ2n) is 9.15. The standard InChI is InChI=1S/C28H26O6/c1-27(2,25(29)30)33-21-15-13-17-9-5-7-11-19(17)23(21)24-20-12-8-6-10-18(20)14-16-22(24)34-28(3,4)26(31)32/h5-16H,1-4H3,(H,29,30)(H,31,32). The molecule has 0 amide bonds. The van der Waals surface area contributed by atoms with Crippen molar-refractivity contribution in [3.05, 3.63) is 72.8 Å². The van der Waals surface area contributed by atoms with Crippen LogP contribution in [0.3, 0.4) is 0 Å². The van der Waals surface area contributed by atoms with Crippen molar-refractivity contribution in [1.29, 1.82) is 0 Å². The molecular formula is C28H26O6. The fourth-order valence-corrected chi connectivity index (χ4v) is 3.83. The van der Waals surface area contributed by atoms with Crippen LogP contribution >= 0.6 is 0 Å². The highest BCUT2D eigenvalue weighted by molar-refractivity contribution is 6.10. The molecule has 0 aliphatic carbocycles. The van der Waals surface area contributed by atoms with Crippen molar-refractivity contribution in [1.82, 2.24) is 0 Å². The van der Waals surface area contributed by atoms with Gasteiger partial charge in [0, 0.05) is 11.1 Å². The fourth-order valence-electron chi connectivity index (χ4n) is 3.83. The van der Waals surface area contributed by atoms with Gasteiger partial charge in [-0.25, -0.2) is 9.59 Å². The fraction of sp³-hybridized carbons (Fsp3) is 0.214. The highest BCUT2D eigenvalue weighted by Crippen LogP contribution is 2.47. The Balaban J connectivity index is 2.11. The summed E-state index contributed by atoms with van der Waals surface area (Å²) in [4.78, 5) is 23.7. The van der Waals surface area contributed by atoms with Crippen LogP contribution < -0.4 is 9.47 Å². The van der Waals surface area contributed by atoms with Gasteiger partial charge in [-0.15, -0.1) is 0 Å². The number of hydrogen-bond acceptors (Lipinski definition) is 4. The molecule has 0 radical (unpaired) electrons. The smallest absolute Gasteiger partial charge is 0.347 e. The van der Waals surface area contributed by atoms with Crippen molar-refractivity contribution < 1.29 is 29.3 Å². The lowest BCUT2D eigenvalue weighted by Crippen LogP contribution is -2.38. The van der Waals surface area contributed by atoms with Gasteiger partial charge in [0.15, 0.2) is 11.2 Å². The summed E-state index contributed by atoms with van der Waals surface area (Å²) >= 11 is 0. The number of rotatable bonds is 7. The van der Waals surface area contributed by atoms with Crippen LogP contribution in [0.2, 0.25) is 0 Å². The van der Waals surface area contributed by atoms with Crippen molar-refractivity contribution >= 4 is 33.5 Å². The van der Waals surface area contributed by atoms with E-state index in [2.05, 4.69) is 0 Å². The van der Waals surface area contributed by atoms with Gasteiger partial charge >= 0.3 is 11.9 Å². The lowest BCUT2D eigenvalue weighted by atomic mass is 9.91. The third-order valence-electron chi connectivity index (χ3n) is 5.79. The van der Waals surface area contributed by atoms with Crippen molar-refractivity contribution in [2.75, 3.05) is 0 Å². The van der Waals surface area contributed by atoms with Crippen LogP contribution in [0.15, 0.2) is 72.8 Å².